The number of aromatic nitrogens is 1. The molecule has 98 valence electrons. The molecule has 3 atom stereocenters. The molecule has 1 aromatic heterocycles. The SMILES string of the molecule is O=C(NCCc1cscn1)C1NCC2CCCC21. The number of hydrogen-bond acceptors (Lipinski definition) is 4. The molecule has 0 radical (unpaired) electrons. The molecule has 3 rings (SSSR count). The van der Waals surface area contributed by atoms with Gasteiger partial charge in [0.15, 0.2) is 0 Å². The molecule has 4 nitrogen and oxygen atoms in total. The van der Waals surface area contributed by atoms with Gasteiger partial charge in [-0.3, -0.25) is 4.79 Å². The van der Waals surface area contributed by atoms with Gasteiger partial charge in [-0.2, -0.15) is 0 Å². The molecule has 2 heterocycles. The maximum atomic E-state index is 12.1. The molecule has 2 N–H and O–H groups in total. The number of hydrogen-bond donors (Lipinski definition) is 2. The van der Waals surface area contributed by atoms with E-state index in [1.54, 1.807) is 11.3 Å². The van der Waals surface area contributed by atoms with Gasteiger partial charge >= 0.3 is 0 Å². The normalized spacial score (nSPS) is 30.3. The zero-order valence-electron chi connectivity index (χ0n) is 10.4. The predicted molar refractivity (Wildman–Crippen MR) is 71.4 cm³/mol. The van der Waals surface area contributed by atoms with Gasteiger partial charge in [-0.15, -0.1) is 11.3 Å². The summed E-state index contributed by atoms with van der Waals surface area (Å²) in [5.41, 5.74) is 2.90. The predicted octanol–water partition coefficient (Wildman–Crippen LogP) is 1.19. The molecule has 1 aliphatic heterocycles. The zero-order valence-corrected chi connectivity index (χ0v) is 11.2. The summed E-state index contributed by atoms with van der Waals surface area (Å²) in [4.78, 5) is 16.3. The van der Waals surface area contributed by atoms with Crippen LogP contribution in [0.3, 0.4) is 0 Å². The highest BCUT2D eigenvalue weighted by molar-refractivity contribution is 7.07. The van der Waals surface area contributed by atoms with E-state index in [9.17, 15) is 4.79 Å². The van der Waals surface area contributed by atoms with Crippen molar-refractivity contribution in [2.24, 2.45) is 11.8 Å². The number of amides is 1. The molecule has 0 aromatic carbocycles. The van der Waals surface area contributed by atoms with Gasteiger partial charge in [0.2, 0.25) is 5.91 Å². The number of nitrogens with one attached hydrogen (secondary N) is 2. The van der Waals surface area contributed by atoms with Gasteiger partial charge in [0.25, 0.3) is 0 Å². The summed E-state index contributed by atoms with van der Waals surface area (Å²) in [6.07, 6.45) is 4.62. The minimum absolute atomic E-state index is 0.0490. The first-order valence-electron chi connectivity index (χ1n) is 6.73. The summed E-state index contributed by atoms with van der Waals surface area (Å²) in [6.45, 7) is 1.72. The van der Waals surface area contributed by atoms with Crippen LogP contribution in [-0.4, -0.2) is 30.0 Å². The van der Waals surface area contributed by atoms with Crippen molar-refractivity contribution in [3.05, 3.63) is 16.6 Å². The third-order valence-corrected chi connectivity index (χ3v) is 4.83. The molecule has 5 heteroatoms. The molecule has 1 amide bonds. The number of fused-ring (bicyclic) bond motifs is 1. The molecular weight excluding hydrogens is 246 g/mol. The van der Waals surface area contributed by atoms with Crippen LogP contribution in [0.5, 0.6) is 0 Å². The van der Waals surface area contributed by atoms with Gasteiger partial charge < -0.3 is 10.6 Å². The highest BCUT2D eigenvalue weighted by Crippen LogP contribution is 2.37. The van der Waals surface area contributed by atoms with Crippen LogP contribution >= 0.6 is 11.3 Å². The third kappa shape index (κ3) is 2.42. The van der Waals surface area contributed by atoms with Gasteiger partial charge in [0.1, 0.15) is 0 Å². The molecule has 2 aliphatic rings. The maximum absolute atomic E-state index is 12.1. The van der Waals surface area contributed by atoms with Gasteiger partial charge in [-0.1, -0.05) is 6.42 Å². The van der Waals surface area contributed by atoms with Crippen LogP contribution in [0.25, 0.3) is 0 Å². The summed E-state index contributed by atoms with van der Waals surface area (Å²) in [5, 5.41) is 8.45. The van der Waals surface area contributed by atoms with Gasteiger partial charge in [-0.25, -0.2) is 4.98 Å². The van der Waals surface area contributed by atoms with E-state index in [-0.39, 0.29) is 11.9 Å². The standard InChI is InChI=1S/C13H19N3OS/c17-13(14-5-4-10-7-18-8-16-10)12-11-3-1-2-9(11)6-15-12/h7-9,11-12,15H,1-6H2,(H,14,17). The van der Waals surface area contributed by atoms with E-state index in [1.807, 2.05) is 10.9 Å². The van der Waals surface area contributed by atoms with E-state index >= 15 is 0 Å². The first kappa shape index (κ1) is 12.1. The van der Waals surface area contributed by atoms with Crippen LogP contribution in [0.4, 0.5) is 0 Å². The summed E-state index contributed by atoms with van der Waals surface area (Å²) in [5.74, 6) is 1.49. The average molecular weight is 265 g/mol. The van der Waals surface area contributed by atoms with E-state index in [1.165, 1.54) is 19.3 Å². The number of carbonyl (C=O) groups excluding carboxylic acids is 1. The van der Waals surface area contributed by atoms with Crippen LogP contribution < -0.4 is 10.6 Å². The quantitative estimate of drug-likeness (QED) is 0.860. The van der Waals surface area contributed by atoms with Crippen LogP contribution in [0.2, 0.25) is 0 Å². The summed E-state index contributed by atoms with van der Waals surface area (Å²) in [7, 11) is 0. The largest absolute Gasteiger partial charge is 0.354 e. The smallest absolute Gasteiger partial charge is 0.237 e. The van der Waals surface area contributed by atoms with Crippen LogP contribution in [0, 0.1) is 11.8 Å². The second kappa shape index (κ2) is 5.36. The van der Waals surface area contributed by atoms with Crippen molar-refractivity contribution in [3.63, 3.8) is 0 Å². The molecule has 3 unspecified atom stereocenters. The Hall–Kier alpha value is -0.940. The lowest BCUT2D eigenvalue weighted by Crippen LogP contribution is -2.44. The Labute approximate surface area is 111 Å². The Bertz CT molecular complexity index is 406. The van der Waals surface area contributed by atoms with Crippen molar-refractivity contribution in [1.29, 1.82) is 0 Å². The zero-order chi connectivity index (χ0) is 12.4. The van der Waals surface area contributed by atoms with Gasteiger partial charge in [0, 0.05) is 18.3 Å². The average Bonchev–Trinajstić information content (AvgIpc) is 3.05. The highest BCUT2D eigenvalue weighted by atomic mass is 32.1. The summed E-state index contributed by atoms with van der Waals surface area (Å²) in [6, 6.07) is 0.0490. The first-order valence-corrected chi connectivity index (χ1v) is 7.67. The second-order valence-electron chi connectivity index (χ2n) is 5.26. The van der Waals surface area contributed by atoms with Crippen molar-refractivity contribution in [2.45, 2.75) is 31.7 Å². The second-order valence-corrected chi connectivity index (χ2v) is 5.98. The van der Waals surface area contributed by atoms with E-state index < -0.39 is 0 Å². The molecule has 1 aromatic rings. The van der Waals surface area contributed by atoms with E-state index in [0.717, 1.165) is 24.6 Å². The highest BCUT2D eigenvalue weighted by Gasteiger charge is 2.42. The van der Waals surface area contributed by atoms with E-state index in [4.69, 9.17) is 0 Å². The lowest BCUT2D eigenvalue weighted by atomic mass is 9.93. The molecule has 1 saturated carbocycles. The van der Waals surface area contributed by atoms with Gasteiger partial charge in [-0.05, 0) is 31.2 Å². The minimum Gasteiger partial charge on any atom is -0.354 e. The maximum Gasteiger partial charge on any atom is 0.237 e. The lowest BCUT2D eigenvalue weighted by molar-refractivity contribution is -0.123. The van der Waals surface area contributed by atoms with Crippen LogP contribution in [0.1, 0.15) is 25.0 Å². The Morgan fingerprint density at radius 3 is 3.33 bits per heavy atom. The fraction of sp³-hybridized carbons (Fsp3) is 0.692. The van der Waals surface area contributed by atoms with Gasteiger partial charge in [0.05, 0.1) is 17.2 Å². The molecule has 18 heavy (non-hydrogen) atoms. The van der Waals surface area contributed by atoms with Crippen molar-refractivity contribution in [2.75, 3.05) is 13.1 Å². The minimum atomic E-state index is 0.0490. The van der Waals surface area contributed by atoms with Crippen LogP contribution in [0.15, 0.2) is 10.9 Å². The number of thiazole rings is 1. The van der Waals surface area contributed by atoms with Crippen molar-refractivity contribution < 1.29 is 4.79 Å². The number of nitrogens with zero attached hydrogens (tertiary/aromatic N) is 1. The molecular formula is C13H19N3OS. The Morgan fingerprint density at radius 2 is 2.50 bits per heavy atom. The fourth-order valence-corrected chi connectivity index (χ4v) is 3.85. The Balaban J connectivity index is 1.47. The Kier molecular flexibility index (Phi) is 3.61. The molecule has 0 bridgehead atoms. The van der Waals surface area contributed by atoms with Crippen molar-refractivity contribution in [3.8, 4) is 0 Å². The topological polar surface area (TPSA) is 54.0 Å². The molecule has 2 fully saturated rings. The van der Waals surface area contributed by atoms with E-state index in [2.05, 4.69) is 15.6 Å². The van der Waals surface area contributed by atoms with Crippen molar-refractivity contribution >= 4 is 17.2 Å². The van der Waals surface area contributed by atoms with Crippen molar-refractivity contribution in [1.82, 2.24) is 15.6 Å². The number of rotatable bonds is 4. The molecule has 1 saturated heterocycles. The molecule has 0 spiro atoms. The summed E-state index contributed by atoms with van der Waals surface area (Å²) < 4.78 is 0. The molecule has 1 aliphatic carbocycles. The Morgan fingerprint density at radius 1 is 1.56 bits per heavy atom. The lowest BCUT2D eigenvalue weighted by Gasteiger charge is -2.17. The monoisotopic (exact) mass is 265 g/mol. The fourth-order valence-electron chi connectivity index (χ4n) is 3.26. The first-order chi connectivity index (χ1) is 8.84. The summed E-state index contributed by atoms with van der Waals surface area (Å²) >= 11 is 1.60. The van der Waals surface area contributed by atoms with E-state index in [0.29, 0.717) is 12.5 Å². The van der Waals surface area contributed by atoms with Crippen LogP contribution in [-0.2, 0) is 11.2 Å². The number of carbonyl (C=O) groups is 1. The third-order valence-electron chi connectivity index (χ3n) is 4.19.